The molecule has 2 amide bonds. The van der Waals surface area contributed by atoms with Crippen molar-refractivity contribution >= 4 is 11.7 Å². The van der Waals surface area contributed by atoms with Gasteiger partial charge in [-0.3, -0.25) is 0 Å². The minimum Gasteiger partial charge on any atom is -0.331 e. The Hall–Kier alpha value is -3.37. The number of rotatable bonds is 4. The van der Waals surface area contributed by atoms with Crippen molar-refractivity contribution in [3.05, 3.63) is 41.5 Å². The number of aryl methyl sites for hydroxylation is 2. The summed E-state index contributed by atoms with van der Waals surface area (Å²) in [5.74, 6) is 1.64. The van der Waals surface area contributed by atoms with E-state index in [9.17, 15) is 9.18 Å². The summed E-state index contributed by atoms with van der Waals surface area (Å²) < 4.78 is 17.5. The fraction of sp³-hybridized carbons (Fsp3) is 0.412. The first kappa shape index (κ1) is 18.0. The van der Waals surface area contributed by atoms with Gasteiger partial charge in [0, 0.05) is 18.7 Å². The zero-order valence-corrected chi connectivity index (χ0v) is 15.4. The van der Waals surface area contributed by atoms with Crippen LogP contribution in [0.1, 0.15) is 36.7 Å². The number of fused-ring (bicyclic) bond motifs is 1. The first-order chi connectivity index (χ1) is 13.6. The molecule has 11 heteroatoms. The molecule has 2 N–H and O–H groups in total. The topological polar surface area (TPSA) is 115 Å². The first-order valence-electron chi connectivity index (χ1n) is 9.12. The van der Waals surface area contributed by atoms with Crippen LogP contribution in [0.3, 0.4) is 0 Å². The molecule has 0 saturated carbocycles. The van der Waals surface area contributed by atoms with Crippen molar-refractivity contribution in [1.29, 1.82) is 0 Å². The standard InChI is InChI=1S/C17H20FN9O/c1-11-21-24-25-27(11)14-9-12(6-7-13(14)18)20-17(28)19-10-16-23-22-15-5-3-2-4-8-26(15)16/h6-7,9H,2-5,8,10H2,1H3,(H2,19,20,28). The Morgan fingerprint density at radius 1 is 1.21 bits per heavy atom. The average Bonchev–Trinajstić information content (AvgIpc) is 3.20. The van der Waals surface area contributed by atoms with Gasteiger partial charge in [-0.15, -0.1) is 15.3 Å². The second-order valence-corrected chi connectivity index (χ2v) is 6.61. The number of hydrogen-bond donors (Lipinski definition) is 2. The van der Waals surface area contributed by atoms with Gasteiger partial charge in [-0.2, -0.15) is 4.68 Å². The molecular formula is C17H20FN9O. The highest BCUT2D eigenvalue weighted by Crippen LogP contribution is 2.19. The van der Waals surface area contributed by atoms with Crippen molar-refractivity contribution in [2.75, 3.05) is 5.32 Å². The molecular weight excluding hydrogens is 365 g/mol. The number of aromatic nitrogens is 7. The number of halogens is 1. The minimum atomic E-state index is -0.493. The van der Waals surface area contributed by atoms with Gasteiger partial charge < -0.3 is 15.2 Å². The number of hydrogen-bond acceptors (Lipinski definition) is 6. The average molecular weight is 385 g/mol. The van der Waals surface area contributed by atoms with Crippen molar-refractivity contribution in [1.82, 2.24) is 40.3 Å². The zero-order valence-electron chi connectivity index (χ0n) is 15.4. The lowest BCUT2D eigenvalue weighted by molar-refractivity contribution is 0.251. The summed E-state index contributed by atoms with van der Waals surface area (Å²) in [4.78, 5) is 12.3. The molecule has 146 valence electrons. The Morgan fingerprint density at radius 3 is 2.93 bits per heavy atom. The van der Waals surface area contributed by atoms with E-state index in [0.717, 1.165) is 37.5 Å². The Labute approximate surface area is 160 Å². The van der Waals surface area contributed by atoms with Crippen molar-refractivity contribution < 1.29 is 9.18 Å². The van der Waals surface area contributed by atoms with E-state index in [1.165, 1.54) is 29.3 Å². The van der Waals surface area contributed by atoms with Gasteiger partial charge in [-0.1, -0.05) is 6.42 Å². The summed E-state index contributed by atoms with van der Waals surface area (Å²) >= 11 is 0. The number of urea groups is 1. The number of anilines is 1. The SMILES string of the molecule is Cc1nnnn1-c1cc(NC(=O)NCc2nnc3n2CCCCC3)ccc1F. The third-order valence-electron chi connectivity index (χ3n) is 4.65. The number of tetrazole rings is 1. The van der Waals surface area contributed by atoms with Crippen LogP contribution in [0, 0.1) is 12.7 Å². The summed E-state index contributed by atoms with van der Waals surface area (Å²) in [5.41, 5.74) is 0.576. The van der Waals surface area contributed by atoms with E-state index in [-0.39, 0.29) is 12.2 Å². The van der Waals surface area contributed by atoms with Crippen LogP contribution in [0.4, 0.5) is 14.9 Å². The molecule has 3 heterocycles. The molecule has 0 saturated heterocycles. The van der Waals surface area contributed by atoms with E-state index in [1.807, 2.05) is 0 Å². The molecule has 1 aromatic carbocycles. The molecule has 0 unspecified atom stereocenters. The van der Waals surface area contributed by atoms with Gasteiger partial charge in [0.05, 0.1) is 6.54 Å². The summed E-state index contributed by atoms with van der Waals surface area (Å²) in [7, 11) is 0. The smallest absolute Gasteiger partial charge is 0.319 e. The van der Waals surface area contributed by atoms with Gasteiger partial charge in [0.15, 0.2) is 11.6 Å². The second-order valence-electron chi connectivity index (χ2n) is 6.61. The molecule has 0 aliphatic carbocycles. The van der Waals surface area contributed by atoms with Crippen LogP contribution in [-0.2, 0) is 19.5 Å². The molecule has 4 rings (SSSR count). The molecule has 0 bridgehead atoms. The Bertz CT molecular complexity index is 996. The van der Waals surface area contributed by atoms with Crippen molar-refractivity contribution in [3.8, 4) is 5.69 Å². The van der Waals surface area contributed by atoms with Crippen molar-refractivity contribution in [2.45, 2.75) is 45.7 Å². The minimum absolute atomic E-state index is 0.156. The third-order valence-corrected chi connectivity index (χ3v) is 4.65. The van der Waals surface area contributed by atoms with Crippen LogP contribution in [0.5, 0.6) is 0 Å². The Kier molecular flexibility index (Phi) is 4.96. The second kappa shape index (κ2) is 7.71. The lowest BCUT2D eigenvalue weighted by Crippen LogP contribution is -2.29. The maximum absolute atomic E-state index is 14.1. The number of amides is 2. The van der Waals surface area contributed by atoms with Gasteiger partial charge in [-0.05, 0) is 48.4 Å². The Morgan fingerprint density at radius 2 is 2.11 bits per heavy atom. The largest absolute Gasteiger partial charge is 0.331 e. The molecule has 3 aromatic rings. The predicted molar refractivity (Wildman–Crippen MR) is 97.3 cm³/mol. The highest BCUT2D eigenvalue weighted by Gasteiger charge is 2.16. The maximum Gasteiger partial charge on any atom is 0.319 e. The number of benzene rings is 1. The van der Waals surface area contributed by atoms with E-state index in [4.69, 9.17) is 0 Å². The molecule has 1 aliphatic heterocycles. The molecule has 28 heavy (non-hydrogen) atoms. The van der Waals surface area contributed by atoms with E-state index in [0.29, 0.717) is 11.5 Å². The molecule has 0 atom stereocenters. The van der Waals surface area contributed by atoms with Crippen molar-refractivity contribution in [3.63, 3.8) is 0 Å². The van der Waals surface area contributed by atoms with E-state index >= 15 is 0 Å². The lowest BCUT2D eigenvalue weighted by atomic mass is 10.2. The first-order valence-corrected chi connectivity index (χ1v) is 9.12. The molecule has 0 fully saturated rings. The molecule has 2 aromatic heterocycles. The van der Waals surface area contributed by atoms with Gasteiger partial charge >= 0.3 is 6.03 Å². The molecule has 0 spiro atoms. The fourth-order valence-electron chi connectivity index (χ4n) is 3.22. The highest BCUT2D eigenvalue weighted by molar-refractivity contribution is 5.89. The van der Waals surface area contributed by atoms with Crippen LogP contribution in [0.25, 0.3) is 5.69 Å². The zero-order chi connectivity index (χ0) is 19.5. The molecule has 10 nitrogen and oxygen atoms in total. The lowest BCUT2D eigenvalue weighted by Gasteiger charge is -2.11. The van der Waals surface area contributed by atoms with Crippen LogP contribution >= 0.6 is 0 Å². The monoisotopic (exact) mass is 385 g/mol. The van der Waals surface area contributed by atoms with Gasteiger partial charge in [0.25, 0.3) is 0 Å². The predicted octanol–water partition coefficient (Wildman–Crippen LogP) is 1.75. The summed E-state index contributed by atoms with van der Waals surface area (Å²) in [5, 5.41) is 24.9. The normalized spacial score (nSPS) is 13.6. The van der Waals surface area contributed by atoms with E-state index < -0.39 is 11.8 Å². The van der Waals surface area contributed by atoms with E-state index in [2.05, 4.69) is 40.9 Å². The summed E-state index contributed by atoms with van der Waals surface area (Å²) in [6.45, 7) is 2.79. The summed E-state index contributed by atoms with van der Waals surface area (Å²) in [6, 6.07) is 3.78. The van der Waals surface area contributed by atoms with Gasteiger partial charge in [0.2, 0.25) is 0 Å². The number of carbonyl (C=O) groups excluding carboxylic acids is 1. The summed E-state index contributed by atoms with van der Waals surface area (Å²) in [6.07, 6.45) is 4.28. The molecule has 0 radical (unpaired) electrons. The number of carbonyl (C=O) groups is 1. The van der Waals surface area contributed by atoms with Crippen LogP contribution < -0.4 is 10.6 Å². The third kappa shape index (κ3) is 3.68. The van der Waals surface area contributed by atoms with Crippen LogP contribution in [0.2, 0.25) is 0 Å². The fourth-order valence-corrected chi connectivity index (χ4v) is 3.22. The number of nitrogens with one attached hydrogen (secondary N) is 2. The van der Waals surface area contributed by atoms with Gasteiger partial charge in [-0.25, -0.2) is 9.18 Å². The van der Waals surface area contributed by atoms with Crippen molar-refractivity contribution in [2.24, 2.45) is 0 Å². The Balaban J connectivity index is 1.42. The maximum atomic E-state index is 14.1. The number of nitrogens with zero attached hydrogens (tertiary/aromatic N) is 7. The quantitative estimate of drug-likeness (QED) is 0.707. The molecule has 1 aliphatic rings. The van der Waals surface area contributed by atoms with Crippen LogP contribution in [-0.4, -0.2) is 41.0 Å². The van der Waals surface area contributed by atoms with E-state index in [1.54, 1.807) is 6.92 Å². The van der Waals surface area contributed by atoms with Gasteiger partial charge in [0.1, 0.15) is 17.3 Å². The highest BCUT2D eigenvalue weighted by atomic mass is 19.1. The van der Waals surface area contributed by atoms with Crippen LogP contribution in [0.15, 0.2) is 18.2 Å².